The van der Waals surface area contributed by atoms with Crippen molar-refractivity contribution in [1.82, 2.24) is 5.32 Å². The highest BCUT2D eigenvalue weighted by atomic mass is 16.5. The Balaban J connectivity index is 2.24. The van der Waals surface area contributed by atoms with E-state index in [1.807, 2.05) is 18.2 Å². The van der Waals surface area contributed by atoms with E-state index >= 15 is 0 Å². The summed E-state index contributed by atoms with van der Waals surface area (Å²) in [4.78, 5) is 11.5. The van der Waals surface area contributed by atoms with E-state index in [0.717, 1.165) is 25.1 Å². The number of ether oxygens (including phenoxy) is 1. The number of rotatable bonds is 14. The Bertz CT molecular complexity index is 544. The summed E-state index contributed by atoms with van der Waals surface area (Å²) in [5.41, 5.74) is 5.94. The maximum absolute atomic E-state index is 11.5. The molecular formula is C18H31BN2O5. The summed E-state index contributed by atoms with van der Waals surface area (Å²) in [6.07, 6.45) is 3.84. The lowest BCUT2D eigenvalue weighted by molar-refractivity contribution is -0.143. The molecule has 1 rings (SSSR count). The van der Waals surface area contributed by atoms with Crippen LogP contribution in [0.15, 0.2) is 24.3 Å². The van der Waals surface area contributed by atoms with Crippen LogP contribution >= 0.6 is 0 Å². The topological polar surface area (TPSA) is 125 Å². The predicted molar refractivity (Wildman–Crippen MR) is 102 cm³/mol. The third-order valence-corrected chi connectivity index (χ3v) is 4.46. The molecule has 6 N–H and O–H groups in total. The van der Waals surface area contributed by atoms with Crippen LogP contribution in [0.25, 0.3) is 0 Å². The zero-order valence-corrected chi connectivity index (χ0v) is 15.5. The van der Waals surface area contributed by atoms with Gasteiger partial charge in [0.25, 0.3) is 0 Å². The third kappa shape index (κ3) is 8.67. The lowest BCUT2D eigenvalue weighted by atomic mass is 9.81. The number of hydrogen-bond donors (Lipinski definition) is 5. The second-order valence-corrected chi connectivity index (χ2v) is 6.64. The lowest BCUT2D eigenvalue weighted by Gasteiger charge is -2.25. The molecule has 0 fully saturated rings. The van der Waals surface area contributed by atoms with E-state index in [4.69, 9.17) is 20.5 Å². The molecule has 0 spiro atoms. The zero-order chi connectivity index (χ0) is 19.4. The number of nitrogens with two attached hydrogens (primary N) is 1. The highest BCUT2D eigenvalue weighted by Crippen LogP contribution is 2.17. The fraction of sp³-hybridized carbons (Fsp3) is 0.611. The van der Waals surface area contributed by atoms with Gasteiger partial charge in [0, 0.05) is 0 Å². The van der Waals surface area contributed by atoms with E-state index in [0.29, 0.717) is 32.2 Å². The van der Waals surface area contributed by atoms with Crippen molar-refractivity contribution in [2.45, 2.75) is 50.4 Å². The minimum absolute atomic E-state index is 0.234. The molecule has 0 bridgehead atoms. The number of unbranched alkanes of at least 4 members (excludes halogenated alkanes) is 1. The van der Waals surface area contributed by atoms with Crippen molar-refractivity contribution < 1.29 is 24.7 Å². The van der Waals surface area contributed by atoms with Crippen LogP contribution in [-0.4, -0.2) is 54.0 Å². The van der Waals surface area contributed by atoms with Crippen LogP contribution in [0.2, 0.25) is 6.32 Å². The van der Waals surface area contributed by atoms with Gasteiger partial charge < -0.3 is 30.9 Å². The number of nitrogens with one attached hydrogen (secondary N) is 1. The van der Waals surface area contributed by atoms with E-state index in [1.165, 1.54) is 5.56 Å². The molecule has 0 aliphatic rings. The molecule has 146 valence electrons. The molecule has 0 saturated heterocycles. The fourth-order valence-corrected chi connectivity index (χ4v) is 2.79. The maximum Gasteiger partial charge on any atom is 0.451 e. The minimum atomic E-state index is -1.35. The van der Waals surface area contributed by atoms with Crippen molar-refractivity contribution in [3.05, 3.63) is 29.8 Å². The van der Waals surface area contributed by atoms with Crippen molar-refractivity contribution in [1.29, 1.82) is 0 Å². The largest absolute Gasteiger partial charge is 0.497 e. The number of benzene rings is 1. The summed E-state index contributed by atoms with van der Waals surface area (Å²) in [6, 6.07) is 7.95. The van der Waals surface area contributed by atoms with Gasteiger partial charge in [-0.05, 0) is 62.8 Å². The van der Waals surface area contributed by atoms with Crippen LogP contribution in [0.4, 0.5) is 0 Å². The highest BCUT2D eigenvalue weighted by molar-refractivity contribution is 6.40. The number of aryl methyl sites for hydroxylation is 1. The maximum atomic E-state index is 11.5. The second-order valence-electron chi connectivity index (χ2n) is 6.64. The van der Waals surface area contributed by atoms with Crippen LogP contribution in [0.1, 0.15) is 37.7 Å². The Morgan fingerprint density at radius 2 is 2.00 bits per heavy atom. The standard InChI is InChI=1S/C18H31BN2O5/c1-26-16-8-4-6-15(14-16)7-5-12-21-13-10-18(20,17(22)23)9-2-3-11-19(24)25/h4,6,8,14,21,24-25H,2-3,5,7,9-13,20H2,1H3,(H,22,23). The van der Waals surface area contributed by atoms with Crippen molar-refractivity contribution in [3.8, 4) is 5.75 Å². The van der Waals surface area contributed by atoms with Gasteiger partial charge in [0.15, 0.2) is 0 Å². The van der Waals surface area contributed by atoms with Gasteiger partial charge in [-0.3, -0.25) is 4.79 Å². The Labute approximate surface area is 155 Å². The minimum Gasteiger partial charge on any atom is -0.497 e. The van der Waals surface area contributed by atoms with Gasteiger partial charge in [-0.2, -0.15) is 0 Å². The first kappa shape index (κ1) is 22.4. The number of carboxylic acids is 1. The lowest BCUT2D eigenvalue weighted by Crippen LogP contribution is -2.49. The summed E-state index contributed by atoms with van der Waals surface area (Å²) < 4.78 is 5.20. The Kier molecular flexibility index (Phi) is 10.3. The second kappa shape index (κ2) is 11.9. The smallest absolute Gasteiger partial charge is 0.451 e. The Hall–Kier alpha value is -1.61. The van der Waals surface area contributed by atoms with Crippen molar-refractivity contribution in [3.63, 3.8) is 0 Å². The molecule has 1 atom stereocenters. The molecule has 0 aromatic heterocycles. The molecule has 0 radical (unpaired) electrons. The first-order valence-electron chi connectivity index (χ1n) is 9.09. The molecule has 1 unspecified atom stereocenters. The van der Waals surface area contributed by atoms with Crippen LogP contribution in [-0.2, 0) is 11.2 Å². The van der Waals surface area contributed by atoms with Gasteiger partial charge >= 0.3 is 13.1 Å². The molecule has 0 amide bonds. The Morgan fingerprint density at radius 1 is 1.23 bits per heavy atom. The number of carboxylic acid groups (broad SMARTS) is 1. The fourth-order valence-electron chi connectivity index (χ4n) is 2.79. The molecular weight excluding hydrogens is 335 g/mol. The van der Waals surface area contributed by atoms with Crippen molar-refractivity contribution >= 4 is 13.1 Å². The van der Waals surface area contributed by atoms with E-state index in [9.17, 15) is 9.90 Å². The molecule has 7 nitrogen and oxygen atoms in total. The summed E-state index contributed by atoms with van der Waals surface area (Å²) in [6.45, 7) is 1.31. The monoisotopic (exact) mass is 366 g/mol. The summed E-state index contributed by atoms with van der Waals surface area (Å²) in [5.74, 6) is -0.168. The molecule has 0 heterocycles. The van der Waals surface area contributed by atoms with Gasteiger partial charge in [-0.1, -0.05) is 25.0 Å². The van der Waals surface area contributed by atoms with Gasteiger partial charge in [0.05, 0.1) is 7.11 Å². The number of methoxy groups -OCH3 is 1. The SMILES string of the molecule is COc1cccc(CCCNCCC(N)(CCCCB(O)O)C(=O)O)c1. The Morgan fingerprint density at radius 3 is 2.65 bits per heavy atom. The predicted octanol–water partition coefficient (Wildman–Crippen LogP) is 1.03. The van der Waals surface area contributed by atoms with Crippen molar-refractivity contribution in [2.24, 2.45) is 5.73 Å². The van der Waals surface area contributed by atoms with Crippen molar-refractivity contribution in [2.75, 3.05) is 20.2 Å². The molecule has 0 aliphatic heterocycles. The van der Waals surface area contributed by atoms with Gasteiger partial charge in [-0.25, -0.2) is 0 Å². The molecule has 1 aromatic carbocycles. The van der Waals surface area contributed by atoms with Crippen LogP contribution in [0, 0.1) is 0 Å². The van der Waals surface area contributed by atoms with E-state index in [-0.39, 0.29) is 6.32 Å². The summed E-state index contributed by atoms with van der Waals surface area (Å²) in [7, 11) is 0.298. The quantitative estimate of drug-likeness (QED) is 0.246. The van der Waals surface area contributed by atoms with Gasteiger partial charge in [0.1, 0.15) is 11.3 Å². The number of carbonyl (C=O) groups is 1. The van der Waals surface area contributed by atoms with E-state index in [1.54, 1.807) is 7.11 Å². The molecule has 8 heteroatoms. The van der Waals surface area contributed by atoms with Crippen LogP contribution in [0.3, 0.4) is 0 Å². The van der Waals surface area contributed by atoms with E-state index in [2.05, 4.69) is 11.4 Å². The highest BCUT2D eigenvalue weighted by Gasteiger charge is 2.32. The van der Waals surface area contributed by atoms with Crippen LogP contribution in [0.5, 0.6) is 5.75 Å². The zero-order valence-electron chi connectivity index (χ0n) is 15.5. The molecule has 26 heavy (non-hydrogen) atoms. The first-order valence-corrected chi connectivity index (χ1v) is 9.09. The molecule has 0 aliphatic carbocycles. The van der Waals surface area contributed by atoms with Gasteiger partial charge in [-0.15, -0.1) is 0 Å². The number of aliphatic carboxylic acids is 1. The average Bonchev–Trinajstić information content (AvgIpc) is 2.61. The van der Waals surface area contributed by atoms with Gasteiger partial charge in [0.2, 0.25) is 0 Å². The number of hydrogen-bond acceptors (Lipinski definition) is 6. The summed E-state index contributed by atoms with van der Waals surface area (Å²) in [5, 5.41) is 30.3. The average molecular weight is 366 g/mol. The van der Waals surface area contributed by atoms with Crippen LogP contribution < -0.4 is 15.8 Å². The van der Waals surface area contributed by atoms with E-state index < -0.39 is 18.6 Å². The molecule has 1 aromatic rings. The first-order chi connectivity index (χ1) is 12.4. The normalized spacial score (nSPS) is 13.2. The third-order valence-electron chi connectivity index (χ3n) is 4.46. The summed E-state index contributed by atoms with van der Waals surface area (Å²) >= 11 is 0. The molecule has 0 saturated carbocycles.